The molecule has 5 heteroatoms. The lowest BCUT2D eigenvalue weighted by Gasteiger charge is -2.32. The Morgan fingerprint density at radius 1 is 0.568 bits per heavy atom. The van der Waals surface area contributed by atoms with Crippen molar-refractivity contribution in [2.24, 2.45) is 0 Å². The molecule has 0 unspecified atom stereocenters. The van der Waals surface area contributed by atoms with E-state index >= 15 is 0 Å². The zero-order chi connectivity index (χ0) is 24.9. The molecule has 0 amide bonds. The van der Waals surface area contributed by atoms with Crippen molar-refractivity contribution in [1.82, 2.24) is 0 Å². The molecule has 5 aromatic carbocycles. The molecule has 0 saturated heterocycles. The fourth-order valence-electron chi connectivity index (χ4n) is 5.09. The van der Waals surface area contributed by atoms with Crippen LogP contribution in [0.2, 0.25) is 0 Å². The molecule has 1 aliphatic rings. The minimum atomic E-state index is 0.435. The van der Waals surface area contributed by atoms with Gasteiger partial charge in [-0.3, -0.25) is 4.90 Å². The largest absolute Gasteiger partial charge is 0.453 e. The van der Waals surface area contributed by atoms with Crippen molar-refractivity contribution in [3.8, 4) is 34.8 Å². The van der Waals surface area contributed by atoms with Crippen molar-refractivity contribution < 1.29 is 9.15 Å². The third-order valence-corrected chi connectivity index (χ3v) is 6.68. The highest BCUT2D eigenvalue weighted by molar-refractivity contribution is 6.14. The molecule has 0 N–H and O–H groups in total. The van der Waals surface area contributed by atoms with E-state index in [1.165, 1.54) is 0 Å². The van der Waals surface area contributed by atoms with Gasteiger partial charge in [0.15, 0.2) is 17.1 Å². The van der Waals surface area contributed by atoms with Crippen molar-refractivity contribution in [1.29, 1.82) is 10.5 Å². The molecular weight excluding hydrogens is 458 g/mol. The third-order valence-electron chi connectivity index (χ3n) is 6.68. The molecule has 5 nitrogen and oxygen atoms in total. The Bertz CT molecular complexity index is 1880. The molecule has 1 aliphatic heterocycles. The Kier molecular flexibility index (Phi) is 4.51. The van der Waals surface area contributed by atoms with Crippen molar-refractivity contribution >= 4 is 39.0 Å². The quantitative estimate of drug-likeness (QED) is 0.250. The summed E-state index contributed by atoms with van der Waals surface area (Å²) in [5.74, 6) is 1.54. The Morgan fingerprint density at radius 2 is 1.14 bits per heavy atom. The molecule has 172 valence electrons. The molecule has 0 atom stereocenters. The van der Waals surface area contributed by atoms with E-state index in [0.717, 1.165) is 56.0 Å². The second kappa shape index (κ2) is 8.02. The molecule has 37 heavy (non-hydrogen) atoms. The van der Waals surface area contributed by atoms with Crippen LogP contribution >= 0.6 is 0 Å². The summed E-state index contributed by atoms with van der Waals surface area (Å²) in [4.78, 5) is 2.17. The van der Waals surface area contributed by atoms with Gasteiger partial charge in [0.25, 0.3) is 0 Å². The van der Waals surface area contributed by atoms with Crippen molar-refractivity contribution in [2.45, 2.75) is 0 Å². The van der Waals surface area contributed by atoms with E-state index in [2.05, 4.69) is 23.1 Å². The topological polar surface area (TPSA) is 73.2 Å². The maximum atomic E-state index is 9.50. The van der Waals surface area contributed by atoms with E-state index in [1.54, 1.807) is 18.2 Å². The highest BCUT2D eigenvalue weighted by atomic mass is 16.5. The van der Waals surface area contributed by atoms with E-state index in [4.69, 9.17) is 9.15 Å². The van der Waals surface area contributed by atoms with Crippen LogP contribution in [0.25, 0.3) is 33.1 Å². The summed E-state index contributed by atoms with van der Waals surface area (Å²) < 4.78 is 12.8. The van der Waals surface area contributed by atoms with Crippen LogP contribution in [0.1, 0.15) is 11.1 Å². The molecule has 7 rings (SSSR count). The lowest BCUT2D eigenvalue weighted by Crippen LogP contribution is -2.15. The van der Waals surface area contributed by atoms with Crippen LogP contribution in [0, 0.1) is 22.7 Å². The fourth-order valence-corrected chi connectivity index (χ4v) is 5.09. The van der Waals surface area contributed by atoms with E-state index in [0.29, 0.717) is 16.7 Å². The first kappa shape index (κ1) is 20.8. The molecule has 0 fully saturated rings. The number of furan rings is 1. The summed E-state index contributed by atoms with van der Waals surface area (Å²) >= 11 is 0. The number of anilines is 3. The Morgan fingerprint density at radius 3 is 1.78 bits per heavy atom. The van der Waals surface area contributed by atoms with Gasteiger partial charge in [-0.15, -0.1) is 0 Å². The molecule has 0 aliphatic carbocycles. The van der Waals surface area contributed by atoms with Crippen LogP contribution < -0.4 is 9.64 Å². The van der Waals surface area contributed by atoms with Crippen LogP contribution in [0.3, 0.4) is 0 Å². The van der Waals surface area contributed by atoms with Gasteiger partial charge < -0.3 is 9.15 Å². The smallest absolute Gasteiger partial charge is 0.159 e. The van der Waals surface area contributed by atoms with Gasteiger partial charge in [0, 0.05) is 16.3 Å². The second-order valence-electron chi connectivity index (χ2n) is 8.83. The van der Waals surface area contributed by atoms with Crippen molar-refractivity contribution in [2.75, 3.05) is 4.90 Å². The lowest BCUT2D eigenvalue weighted by molar-refractivity contribution is 0.477. The minimum Gasteiger partial charge on any atom is -0.453 e. The molecule has 1 aromatic heterocycles. The standard InChI is InChI=1S/C32H17N3O2/c33-18-20-15-21(19-34)17-22(16-20)23-7-5-8-24-25-9-6-12-28(32(25)37-31(23)24)35-26-10-1-3-13-29(26)36-30-14-4-2-11-27(30)35/h1-17H. The van der Waals surface area contributed by atoms with Crippen LogP contribution in [-0.2, 0) is 0 Å². The van der Waals surface area contributed by atoms with Gasteiger partial charge in [-0.05, 0) is 54.1 Å². The number of nitrogens with zero attached hydrogens (tertiary/aromatic N) is 3. The molecular formula is C32H17N3O2. The maximum Gasteiger partial charge on any atom is 0.159 e. The number of hydrogen-bond acceptors (Lipinski definition) is 5. The zero-order valence-corrected chi connectivity index (χ0v) is 19.5. The highest BCUT2D eigenvalue weighted by Gasteiger charge is 2.28. The maximum absolute atomic E-state index is 9.50. The number of fused-ring (bicyclic) bond motifs is 5. The fraction of sp³-hybridized carbons (Fsp3) is 0. The van der Waals surface area contributed by atoms with Gasteiger partial charge in [0.2, 0.25) is 0 Å². The van der Waals surface area contributed by atoms with Crippen LogP contribution in [0.4, 0.5) is 17.1 Å². The Hall–Kier alpha value is -5.52. The number of ether oxygens (including phenoxy) is 1. The summed E-state index contributed by atoms with van der Waals surface area (Å²) in [6, 6.07) is 37.5. The Labute approximate surface area is 212 Å². The second-order valence-corrected chi connectivity index (χ2v) is 8.83. The molecule has 0 radical (unpaired) electrons. The summed E-state index contributed by atoms with van der Waals surface area (Å²) in [6.45, 7) is 0. The van der Waals surface area contributed by atoms with Gasteiger partial charge >= 0.3 is 0 Å². The van der Waals surface area contributed by atoms with Crippen LogP contribution in [-0.4, -0.2) is 0 Å². The van der Waals surface area contributed by atoms with Crippen molar-refractivity contribution in [3.63, 3.8) is 0 Å². The first-order chi connectivity index (χ1) is 18.2. The summed E-state index contributed by atoms with van der Waals surface area (Å²) in [6.07, 6.45) is 0. The molecule has 0 spiro atoms. The van der Waals surface area contributed by atoms with E-state index in [9.17, 15) is 10.5 Å². The predicted octanol–water partition coefficient (Wildman–Crippen LogP) is 8.57. The number of rotatable bonds is 2. The van der Waals surface area contributed by atoms with E-state index < -0.39 is 0 Å². The number of hydrogen-bond donors (Lipinski definition) is 0. The van der Waals surface area contributed by atoms with Gasteiger partial charge in [0.1, 0.15) is 5.58 Å². The lowest BCUT2D eigenvalue weighted by atomic mass is 9.98. The predicted molar refractivity (Wildman–Crippen MR) is 143 cm³/mol. The van der Waals surface area contributed by atoms with Crippen LogP contribution in [0.5, 0.6) is 11.5 Å². The van der Waals surface area contributed by atoms with E-state index in [-0.39, 0.29) is 0 Å². The summed E-state index contributed by atoms with van der Waals surface area (Å²) in [7, 11) is 0. The SMILES string of the molecule is N#Cc1cc(C#N)cc(-c2cccc3c2oc2c(N4c5ccccc5Oc5ccccc54)cccc23)c1. The van der Waals surface area contributed by atoms with Gasteiger partial charge in [0.05, 0.1) is 40.3 Å². The van der Waals surface area contributed by atoms with Gasteiger partial charge in [-0.25, -0.2) is 0 Å². The molecule has 6 aromatic rings. The monoisotopic (exact) mass is 475 g/mol. The number of para-hydroxylation sites is 6. The van der Waals surface area contributed by atoms with E-state index in [1.807, 2.05) is 78.9 Å². The minimum absolute atomic E-state index is 0.435. The van der Waals surface area contributed by atoms with Gasteiger partial charge in [-0.2, -0.15) is 10.5 Å². The van der Waals surface area contributed by atoms with Crippen molar-refractivity contribution in [3.05, 3.63) is 114 Å². The number of benzene rings is 5. The molecule has 0 saturated carbocycles. The van der Waals surface area contributed by atoms with Crippen LogP contribution in [0.15, 0.2) is 108 Å². The summed E-state index contributed by atoms with van der Waals surface area (Å²) in [5, 5.41) is 20.9. The first-order valence-corrected chi connectivity index (χ1v) is 11.8. The molecule has 2 heterocycles. The van der Waals surface area contributed by atoms with Gasteiger partial charge in [-0.1, -0.05) is 54.6 Å². The third kappa shape index (κ3) is 3.16. The first-order valence-electron chi connectivity index (χ1n) is 11.8. The normalized spacial score (nSPS) is 11.9. The average molecular weight is 476 g/mol. The average Bonchev–Trinajstić information content (AvgIpc) is 3.35. The Balaban J connectivity index is 1.51. The zero-order valence-electron chi connectivity index (χ0n) is 19.5. The summed E-state index contributed by atoms with van der Waals surface area (Å²) in [5.41, 5.74) is 6.66. The number of nitriles is 2. The molecule has 0 bridgehead atoms. The highest BCUT2D eigenvalue weighted by Crippen LogP contribution is 2.52.